The molecule has 0 bridgehead atoms. The molecular formula is C18H21NO3. The minimum absolute atomic E-state index is 0.0618. The standard InChI is InChI=1S/C18H21NO3/c1-13(15-9-11-17(21-3)12-10-15)18(20)22-19-14(2)16-7-5-4-6-8-16/h4-14,19H,1-3H3. The van der Waals surface area contributed by atoms with Gasteiger partial charge >= 0.3 is 5.97 Å². The van der Waals surface area contributed by atoms with E-state index in [0.29, 0.717) is 0 Å². The van der Waals surface area contributed by atoms with Crippen molar-refractivity contribution < 1.29 is 14.4 Å². The molecular weight excluding hydrogens is 278 g/mol. The minimum Gasteiger partial charge on any atom is -0.497 e. The lowest BCUT2D eigenvalue weighted by atomic mass is 10.0. The van der Waals surface area contributed by atoms with Crippen molar-refractivity contribution in [1.82, 2.24) is 5.48 Å². The second-order valence-corrected chi connectivity index (χ2v) is 5.17. The Balaban J connectivity index is 1.91. The molecule has 2 unspecified atom stereocenters. The van der Waals surface area contributed by atoms with E-state index in [2.05, 4.69) is 5.48 Å². The fourth-order valence-electron chi connectivity index (χ4n) is 2.07. The zero-order valence-corrected chi connectivity index (χ0v) is 13.1. The molecule has 116 valence electrons. The van der Waals surface area contributed by atoms with Crippen LogP contribution in [0.5, 0.6) is 5.75 Å². The van der Waals surface area contributed by atoms with Gasteiger partial charge in [-0.1, -0.05) is 42.5 Å². The molecule has 0 aliphatic heterocycles. The number of benzene rings is 2. The highest BCUT2D eigenvalue weighted by Gasteiger charge is 2.18. The highest BCUT2D eigenvalue weighted by molar-refractivity contribution is 5.77. The summed E-state index contributed by atoms with van der Waals surface area (Å²) in [7, 11) is 1.61. The van der Waals surface area contributed by atoms with Gasteiger partial charge in [0.1, 0.15) is 5.75 Å². The number of methoxy groups -OCH3 is 1. The average Bonchev–Trinajstić information content (AvgIpc) is 2.59. The zero-order chi connectivity index (χ0) is 15.9. The molecule has 4 nitrogen and oxygen atoms in total. The summed E-state index contributed by atoms with van der Waals surface area (Å²) in [5.41, 5.74) is 4.75. The molecule has 0 spiro atoms. The van der Waals surface area contributed by atoms with Gasteiger partial charge in [-0.2, -0.15) is 0 Å². The fraction of sp³-hybridized carbons (Fsp3) is 0.278. The monoisotopic (exact) mass is 299 g/mol. The molecule has 0 amide bonds. The second kappa shape index (κ2) is 7.61. The summed E-state index contributed by atoms with van der Waals surface area (Å²) in [5, 5.41) is 0. The van der Waals surface area contributed by atoms with Crippen LogP contribution in [0.25, 0.3) is 0 Å². The summed E-state index contributed by atoms with van der Waals surface area (Å²) in [6, 6.07) is 17.2. The second-order valence-electron chi connectivity index (χ2n) is 5.17. The fourth-order valence-corrected chi connectivity index (χ4v) is 2.07. The van der Waals surface area contributed by atoms with E-state index in [0.717, 1.165) is 16.9 Å². The van der Waals surface area contributed by atoms with E-state index < -0.39 is 0 Å². The molecule has 0 saturated carbocycles. The Labute approximate surface area is 131 Å². The first kappa shape index (κ1) is 16.0. The number of hydroxylamine groups is 1. The molecule has 22 heavy (non-hydrogen) atoms. The predicted molar refractivity (Wildman–Crippen MR) is 85.5 cm³/mol. The van der Waals surface area contributed by atoms with Crippen molar-refractivity contribution in [2.75, 3.05) is 7.11 Å². The molecule has 0 aromatic heterocycles. The molecule has 0 aliphatic rings. The molecule has 2 atom stereocenters. The number of rotatable bonds is 6. The third kappa shape index (κ3) is 4.09. The molecule has 0 aliphatic carbocycles. The highest BCUT2D eigenvalue weighted by atomic mass is 16.7. The van der Waals surface area contributed by atoms with Gasteiger partial charge in [-0.25, -0.2) is 4.79 Å². The predicted octanol–water partition coefficient (Wildman–Crippen LogP) is 3.61. The Hall–Kier alpha value is -2.33. The van der Waals surface area contributed by atoms with Crippen LogP contribution < -0.4 is 10.2 Å². The van der Waals surface area contributed by atoms with Crippen molar-refractivity contribution in [2.24, 2.45) is 0 Å². The smallest absolute Gasteiger partial charge is 0.331 e. The van der Waals surface area contributed by atoms with Crippen LogP contribution in [-0.4, -0.2) is 13.1 Å². The highest BCUT2D eigenvalue weighted by Crippen LogP contribution is 2.20. The van der Waals surface area contributed by atoms with Crippen LogP contribution in [0.2, 0.25) is 0 Å². The first-order valence-corrected chi connectivity index (χ1v) is 7.27. The van der Waals surface area contributed by atoms with Gasteiger partial charge in [0.25, 0.3) is 0 Å². The summed E-state index contributed by atoms with van der Waals surface area (Å²) in [6.07, 6.45) is 0. The molecule has 0 radical (unpaired) electrons. The third-order valence-electron chi connectivity index (χ3n) is 3.61. The molecule has 2 aromatic carbocycles. The van der Waals surface area contributed by atoms with Crippen LogP contribution in [0.1, 0.15) is 36.9 Å². The van der Waals surface area contributed by atoms with Gasteiger partial charge in [-0.15, -0.1) is 5.48 Å². The van der Waals surface area contributed by atoms with E-state index in [9.17, 15) is 4.79 Å². The zero-order valence-electron chi connectivity index (χ0n) is 13.1. The van der Waals surface area contributed by atoms with E-state index in [4.69, 9.17) is 9.57 Å². The number of hydrogen-bond donors (Lipinski definition) is 1. The van der Waals surface area contributed by atoms with Gasteiger partial charge in [0, 0.05) is 0 Å². The quantitative estimate of drug-likeness (QED) is 0.828. The first-order valence-electron chi connectivity index (χ1n) is 7.27. The van der Waals surface area contributed by atoms with Crippen molar-refractivity contribution >= 4 is 5.97 Å². The molecule has 2 aromatic rings. The van der Waals surface area contributed by atoms with Crippen molar-refractivity contribution in [1.29, 1.82) is 0 Å². The van der Waals surface area contributed by atoms with Crippen molar-refractivity contribution in [3.63, 3.8) is 0 Å². The molecule has 4 heteroatoms. The molecule has 2 rings (SSSR count). The maximum absolute atomic E-state index is 12.1. The van der Waals surface area contributed by atoms with Crippen molar-refractivity contribution in [2.45, 2.75) is 25.8 Å². The van der Waals surface area contributed by atoms with Gasteiger partial charge in [0.15, 0.2) is 0 Å². The normalized spacial score (nSPS) is 13.2. The minimum atomic E-state index is -0.346. The largest absolute Gasteiger partial charge is 0.497 e. The maximum atomic E-state index is 12.1. The van der Waals surface area contributed by atoms with Crippen LogP contribution in [0.4, 0.5) is 0 Å². The van der Waals surface area contributed by atoms with Crippen LogP contribution >= 0.6 is 0 Å². The Bertz CT molecular complexity index is 595. The van der Waals surface area contributed by atoms with Crippen molar-refractivity contribution in [3.8, 4) is 5.75 Å². The first-order chi connectivity index (χ1) is 10.6. The Kier molecular flexibility index (Phi) is 5.55. The van der Waals surface area contributed by atoms with E-state index in [1.807, 2.05) is 68.4 Å². The summed E-state index contributed by atoms with van der Waals surface area (Å²) in [5.74, 6) is 0.106. The molecule has 0 fully saturated rings. The van der Waals surface area contributed by atoms with Gasteiger partial charge in [0.2, 0.25) is 0 Å². The Morgan fingerprint density at radius 2 is 1.59 bits per heavy atom. The summed E-state index contributed by atoms with van der Waals surface area (Å²) in [4.78, 5) is 17.3. The van der Waals surface area contributed by atoms with E-state index >= 15 is 0 Å². The van der Waals surface area contributed by atoms with Crippen LogP contribution in [0.15, 0.2) is 54.6 Å². The van der Waals surface area contributed by atoms with E-state index in [1.54, 1.807) is 7.11 Å². The maximum Gasteiger partial charge on any atom is 0.331 e. The van der Waals surface area contributed by atoms with E-state index in [-0.39, 0.29) is 17.9 Å². The van der Waals surface area contributed by atoms with Crippen LogP contribution in [0, 0.1) is 0 Å². The van der Waals surface area contributed by atoms with Crippen LogP contribution in [-0.2, 0) is 9.63 Å². The summed E-state index contributed by atoms with van der Waals surface area (Å²) < 4.78 is 5.11. The van der Waals surface area contributed by atoms with Gasteiger partial charge in [0.05, 0.1) is 19.1 Å². The number of carbonyl (C=O) groups is 1. The van der Waals surface area contributed by atoms with Crippen LogP contribution in [0.3, 0.4) is 0 Å². The molecule has 1 N–H and O–H groups in total. The van der Waals surface area contributed by atoms with Gasteiger partial charge in [-0.3, -0.25) is 0 Å². The molecule has 0 heterocycles. The lowest BCUT2D eigenvalue weighted by molar-refractivity contribution is -0.154. The molecule has 0 saturated heterocycles. The number of nitrogens with one attached hydrogen (secondary N) is 1. The summed E-state index contributed by atoms with van der Waals surface area (Å²) in [6.45, 7) is 3.76. The average molecular weight is 299 g/mol. The van der Waals surface area contributed by atoms with Gasteiger partial charge in [-0.05, 0) is 37.1 Å². The number of carbonyl (C=O) groups excluding carboxylic acids is 1. The van der Waals surface area contributed by atoms with E-state index in [1.165, 1.54) is 0 Å². The topological polar surface area (TPSA) is 47.6 Å². The Morgan fingerprint density at radius 3 is 2.18 bits per heavy atom. The number of hydrogen-bond acceptors (Lipinski definition) is 4. The lowest BCUT2D eigenvalue weighted by Gasteiger charge is -2.16. The third-order valence-corrected chi connectivity index (χ3v) is 3.61. The SMILES string of the molecule is COc1ccc(C(C)C(=O)ONC(C)c2ccccc2)cc1. The van der Waals surface area contributed by atoms with Crippen molar-refractivity contribution in [3.05, 3.63) is 65.7 Å². The number of ether oxygens (including phenoxy) is 1. The van der Waals surface area contributed by atoms with Gasteiger partial charge < -0.3 is 9.57 Å². The summed E-state index contributed by atoms with van der Waals surface area (Å²) >= 11 is 0. The lowest BCUT2D eigenvalue weighted by Crippen LogP contribution is -2.26. The Morgan fingerprint density at radius 1 is 0.955 bits per heavy atom.